The number of nitrogens with one attached hydrogen (secondary N) is 14. The zero-order valence-corrected chi connectivity index (χ0v) is 66.1. The number of rotatable bonds is 17. The molecule has 0 amide bonds. The SMILES string of the molecule is O=C(O)c1cc(=O)[nH]c(=O)[nH]1.O=C(O)c1cc(=O)[nH]c(=O)[nH]1.O=C(O)c1cc(=O)[nH]c(=O)[nH]1.O=C(O)c1cc(=O)[nH]c(=O)[nH]1.O=C(O)c1cc(=O)[nH]c(=O)[nH]1.O=C(O)c1cc(=O)[nH]c(=O)n1[C@@H]1O[C@H](CO)[C@@H](O)[C@H]1O.O=C(O)c1cc(=O)[nH]c(=O)n1[C@@H]1O[C@H](CO)[C@@H](O)[C@H]1O.O=C(O)c1cc(=O)[nH]c(=O)n1[C@@H]1O[C@H](CO)[C@@H](O)[C@H]1O.O=C(O)c1cc(=O)[nH]c(=O)n1[C@@H]1O[C@H](CO)[C@@H](O)[C@H]1O. The fourth-order valence-electron chi connectivity index (χ4n) is 11.0. The summed E-state index contributed by atoms with van der Waals surface area (Å²) < 4.78 is 22.3. The molecule has 0 spiro atoms. The van der Waals surface area contributed by atoms with E-state index in [0.29, 0.717) is 42.5 Å². The lowest BCUT2D eigenvalue weighted by molar-refractivity contribution is -0.0562. The lowest BCUT2D eigenvalue weighted by Crippen LogP contribution is -2.40. The van der Waals surface area contributed by atoms with E-state index in [2.05, 4.69) is 0 Å². The number of hydrogen-bond donors (Lipinski definition) is 35. The summed E-state index contributed by atoms with van der Waals surface area (Å²) in [5.74, 6) is -13.0. The largest absolute Gasteiger partial charge is 0.477 e. The molecule has 0 aromatic carbocycles. The molecule has 0 bridgehead atoms. The molecule has 135 heavy (non-hydrogen) atoms. The van der Waals surface area contributed by atoms with Gasteiger partial charge in [0, 0.05) is 54.6 Å². The normalized spacial score (nSPS) is 21.4. The lowest BCUT2D eigenvalue weighted by Gasteiger charge is -2.19. The highest BCUT2D eigenvalue weighted by molar-refractivity contribution is 5.88. The third-order valence-corrected chi connectivity index (χ3v) is 16.8. The molecule has 70 nitrogen and oxygen atoms in total. The molecule has 4 aliphatic rings. The number of aliphatic hydroxyl groups excluding tert-OH is 12. The Labute approximate surface area is 727 Å². The minimum atomic E-state index is -1.63. The Morgan fingerprint density at radius 2 is 0.356 bits per heavy atom. The first kappa shape index (κ1) is 108. The summed E-state index contributed by atoms with van der Waals surface area (Å²) in [5.41, 5.74) is -20.8. The predicted octanol–water partition coefficient (Wildman–Crippen LogP) is -18.8. The van der Waals surface area contributed by atoms with Crippen LogP contribution in [0.5, 0.6) is 0 Å². The molecule has 35 N–H and O–H groups in total. The van der Waals surface area contributed by atoms with Gasteiger partial charge in [-0.15, -0.1) is 0 Å². The molecule has 4 aliphatic heterocycles. The molecular formula is C65H68N18O52. The Bertz CT molecular complexity index is 6070. The molecule has 730 valence electrons. The molecule has 0 aliphatic carbocycles. The molecule has 16 atom stereocenters. The van der Waals surface area contributed by atoms with E-state index in [0.717, 1.165) is 30.3 Å². The quantitative estimate of drug-likeness (QED) is 0.0402. The summed E-state index contributed by atoms with van der Waals surface area (Å²) in [4.78, 5) is 317. The van der Waals surface area contributed by atoms with Gasteiger partial charge in [-0.1, -0.05) is 0 Å². The van der Waals surface area contributed by atoms with E-state index in [-0.39, 0.29) is 0 Å². The van der Waals surface area contributed by atoms with Gasteiger partial charge in [0.1, 0.15) is 124 Å². The van der Waals surface area contributed by atoms with Gasteiger partial charge >= 0.3 is 105 Å². The lowest BCUT2D eigenvalue weighted by atomic mass is 10.1. The monoisotopic (exact) mass is 1930 g/mol. The first-order valence-corrected chi connectivity index (χ1v) is 35.6. The van der Waals surface area contributed by atoms with Crippen molar-refractivity contribution in [1.82, 2.24) is 88.0 Å². The number of aliphatic hydroxyl groups is 12. The molecule has 4 fully saturated rings. The zero-order valence-electron chi connectivity index (χ0n) is 66.1. The van der Waals surface area contributed by atoms with Crippen molar-refractivity contribution >= 4 is 53.7 Å². The zero-order chi connectivity index (χ0) is 102. The Morgan fingerprint density at radius 3 is 0.467 bits per heavy atom. The Morgan fingerprint density at radius 1 is 0.215 bits per heavy atom. The van der Waals surface area contributed by atoms with E-state index >= 15 is 0 Å². The third kappa shape index (κ3) is 28.9. The number of aromatic nitrogens is 18. The molecule has 13 rings (SSSR count). The van der Waals surface area contributed by atoms with Crippen LogP contribution in [-0.2, 0) is 18.9 Å². The van der Waals surface area contributed by atoms with Crippen molar-refractivity contribution < 1.29 is 169 Å². The highest BCUT2D eigenvalue weighted by Crippen LogP contribution is 2.32. The molecule has 0 saturated carbocycles. The van der Waals surface area contributed by atoms with Crippen molar-refractivity contribution in [2.24, 2.45) is 0 Å². The standard InChI is InChI=1S/4C10H12N2O8.5C5H4N2O4/c4*13-2-4-6(15)7(16)8(20-4)12-3(9(17)18)1-5(14)11-10(12)19;5*8-3-1-2(4(9)10)6-5(11)7-3/h4*1,4,6-8,13,15-16H,2H2,(H,17,18)(H,11,14,19);5*1H,(H,9,10)(H2,6,7,8,11)/t4*4-,6-,7-,8-;;;;;/m1111...../s1. The number of H-pyrrole nitrogens is 14. The molecule has 70 heteroatoms. The van der Waals surface area contributed by atoms with Gasteiger partial charge in [0.2, 0.25) is 0 Å². The van der Waals surface area contributed by atoms with E-state index in [9.17, 15) is 170 Å². The maximum absolute atomic E-state index is 11.7. The van der Waals surface area contributed by atoms with Crippen molar-refractivity contribution in [2.75, 3.05) is 26.4 Å². The average molecular weight is 1930 g/mol. The van der Waals surface area contributed by atoms with Crippen LogP contribution >= 0.6 is 0 Å². The highest BCUT2D eigenvalue weighted by Gasteiger charge is 2.49. The molecule has 0 radical (unpaired) electrons. The third-order valence-electron chi connectivity index (χ3n) is 16.8. The maximum atomic E-state index is 11.7. The van der Waals surface area contributed by atoms with Crippen LogP contribution in [0.1, 0.15) is 119 Å². The van der Waals surface area contributed by atoms with Crippen LogP contribution in [0.4, 0.5) is 0 Å². The summed E-state index contributed by atoms with van der Waals surface area (Å²) in [6.07, 6.45) is -23.3. The molecule has 13 heterocycles. The Hall–Kier alpha value is -17.3. The fourth-order valence-corrected chi connectivity index (χ4v) is 11.0. The summed E-state index contributed by atoms with van der Waals surface area (Å²) >= 11 is 0. The number of hydrogen-bond acceptors (Lipinski definition) is 43. The number of nitrogens with zero attached hydrogens (tertiary/aromatic N) is 4. The highest BCUT2D eigenvalue weighted by atomic mass is 16.6. The van der Waals surface area contributed by atoms with E-state index in [4.69, 9.17) is 85.3 Å². The molecule has 4 saturated heterocycles. The van der Waals surface area contributed by atoms with Crippen LogP contribution in [0.25, 0.3) is 0 Å². The molecule has 0 unspecified atom stereocenters. The topological polar surface area (TPSA) is 1160 Å². The van der Waals surface area contributed by atoms with Crippen molar-refractivity contribution in [1.29, 1.82) is 0 Å². The van der Waals surface area contributed by atoms with Gasteiger partial charge in [0.05, 0.1) is 26.4 Å². The predicted molar refractivity (Wildman–Crippen MR) is 418 cm³/mol. The van der Waals surface area contributed by atoms with Gasteiger partial charge in [-0.3, -0.25) is 106 Å². The average Bonchev–Trinajstić information content (AvgIpc) is 1.65. The van der Waals surface area contributed by atoms with Crippen molar-refractivity contribution in [3.05, 3.63) is 293 Å². The molecule has 9 aromatic rings. The summed E-state index contributed by atoms with van der Waals surface area (Å²) in [6.45, 7) is -2.52. The number of ether oxygens (including phenoxy) is 4. The summed E-state index contributed by atoms with van der Waals surface area (Å²) in [6, 6.07) is 6.58. The molecular weight excluding hydrogens is 1860 g/mol. The van der Waals surface area contributed by atoms with Gasteiger partial charge < -0.3 is 151 Å². The first-order valence-electron chi connectivity index (χ1n) is 35.6. The minimum absolute atomic E-state index is 0.418. The van der Waals surface area contributed by atoms with Crippen molar-refractivity contribution in [3.8, 4) is 0 Å². The second-order valence-electron chi connectivity index (χ2n) is 25.9. The second kappa shape index (κ2) is 47.3. The van der Waals surface area contributed by atoms with E-state index in [1.807, 2.05) is 69.8 Å². The van der Waals surface area contributed by atoms with Crippen molar-refractivity contribution in [3.63, 3.8) is 0 Å². The van der Waals surface area contributed by atoms with Crippen LogP contribution in [0.15, 0.2) is 141 Å². The van der Waals surface area contributed by atoms with Crippen molar-refractivity contribution in [2.45, 2.75) is 98.2 Å². The first-order chi connectivity index (χ1) is 62.9. The number of aromatic carboxylic acids is 9. The van der Waals surface area contributed by atoms with Crippen LogP contribution in [0, 0.1) is 0 Å². The Balaban J connectivity index is 0.000000272. The second-order valence-corrected chi connectivity index (χ2v) is 25.9. The van der Waals surface area contributed by atoms with Crippen LogP contribution in [0.3, 0.4) is 0 Å². The van der Waals surface area contributed by atoms with Crippen LogP contribution < -0.4 is 101 Å². The smallest absolute Gasteiger partial charge is 0.352 e. The minimum Gasteiger partial charge on any atom is -0.477 e. The molecule has 9 aromatic heterocycles. The van der Waals surface area contributed by atoms with E-state index in [1.54, 1.807) is 0 Å². The van der Waals surface area contributed by atoms with Gasteiger partial charge in [0.15, 0.2) is 24.9 Å². The number of aromatic amines is 14. The van der Waals surface area contributed by atoms with Gasteiger partial charge in [-0.05, 0) is 0 Å². The van der Waals surface area contributed by atoms with Gasteiger partial charge in [-0.2, -0.15) is 0 Å². The number of carboxylic acids is 9. The van der Waals surface area contributed by atoms with Gasteiger partial charge in [-0.25, -0.2) is 86.3 Å². The number of carboxylic acid groups (broad SMARTS) is 9. The maximum Gasteiger partial charge on any atom is 0.352 e. The van der Waals surface area contributed by atoms with E-state index in [1.165, 1.54) is 0 Å². The van der Waals surface area contributed by atoms with Crippen LogP contribution in [0.2, 0.25) is 0 Å². The summed E-state index contributed by atoms with van der Waals surface area (Å²) in [5, 5.41) is 191. The fraction of sp³-hybridized carbons (Fsp3) is 0.308. The van der Waals surface area contributed by atoms with E-state index < -0.39 is 331 Å². The van der Waals surface area contributed by atoms with Gasteiger partial charge in [0.25, 0.3) is 50.0 Å². The number of carbonyl (C=O) groups is 9. The van der Waals surface area contributed by atoms with Crippen LogP contribution in [-0.4, -0.2) is 349 Å². The Kier molecular flexibility index (Phi) is 37.9. The summed E-state index contributed by atoms with van der Waals surface area (Å²) in [7, 11) is 0.